The van der Waals surface area contributed by atoms with Gasteiger partial charge in [-0.05, 0) is 55.2 Å². The van der Waals surface area contributed by atoms with Crippen LogP contribution in [0.2, 0.25) is 0 Å². The Morgan fingerprint density at radius 1 is 1.03 bits per heavy atom. The molecule has 0 amide bonds. The van der Waals surface area contributed by atoms with Crippen LogP contribution >= 0.6 is 11.8 Å². The summed E-state index contributed by atoms with van der Waals surface area (Å²) in [6.07, 6.45) is 0.615. The van der Waals surface area contributed by atoms with Crippen LogP contribution in [-0.4, -0.2) is 41.3 Å². The van der Waals surface area contributed by atoms with E-state index < -0.39 is 17.4 Å². The first-order chi connectivity index (χ1) is 13.6. The summed E-state index contributed by atoms with van der Waals surface area (Å²) < 4.78 is 43.0. The number of hydrogen-bond acceptors (Lipinski definition) is 5. The first-order valence-electron chi connectivity index (χ1n) is 8.30. The second-order valence-corrected chi connectivity index (χ2v) is 6.68. The van der Waals surface area contributed by atoms with Gasteiger partial charge < -0.3 is 20.3 Å². The predicted octanol–water partition coefficient (Wildman–Crippen LogP) is 4.18. The van der Waals surface area contributed by atoms with E-state index in [4.69, 9.17) is 24.5 Å². The zero-order valence-corrected chi connectivity index (χ0v) is 16.2. The molecule has 0 spiro atoms. The normalized spacial score (nSPS) is 11.7. The summed E-state index contributed by atoms with van der Waals surface area (Å²) in [5, 5.41) is 17.9. The lowest BCUT2D eigenvalue weighted by molar-refractivity contribution is -0.159. The van der Waals surface area contributed by atoms with Crippen LogP contribution in [0.5, 0.6) is 5.75 Å². The molecule has 10 heteroatoms. The maximum atomic E-state index is 12.3. The van der Waals surface area contributed by atoms with E-state index in [1.165, 1.54) is 12.1 Å². The average molecular weight is 431 g/mol. The van der Waals surface area contributed by atoms with Crippen LogP contribution in [0, 0.1) is 0 Å². The number of alkyl halides is 3. The van der Waals surface area contributed by atoms with Gasteiger partial charge in [-0.2, -0.15) is 13.2 Å². The Morgan fingerprint density at radius 3 is 2.03 bits per heavy atom. The van der Waals surface area contributed by atoms with Gasteiger partial charge in [-0.15, -0.1) is 0 Å². The molecule has 1 unspecified atom stereocenters. The summed E-state index contributed by atoms with van der Waals surface area (Å²) in [7, 11) is 1.87. The number of thioether (sulfide) groups is 1. The molecule has 1 atom stereocenters. The molecule has 0 saturated heterocycles. The first-order valence-corrected chi connectivity index (χ1v) is 9.12. The molecule has 6 nitrogen and oxygen atoms in total. The van der Waals surface area contributed by atoms with E-state index in [-0.39, 0.29) is 22.8 Å². The number of carboxylic acids is 2. The fourth-order valence-electron chi connectivity index (χ4n) is 2.12. The number of carbonyl (C=O) groups is 2. The van der Waals surface area contributed by atoms with E-state index in [9.17, 15) is 13.2 Å². The monoisotopic (exact) mass is 431 g/mol. The molecule has 158 valence electrons. The second-order valence-electron chi connectivity index (χ2n) is 5.54. The van der Waals surface area contributed by atoms with Gasteiger partial charge in [0.15, 0.2) is 0 Å². The van der Waals surface area contributed by atoms with Crippen LogP contribution in [-0.2, 0) is 9.59 Å². The van der Waals surface area contributed by atoms with Crippen molar-refractivity contribution >= 4 is 23.7 Å². The molecule has 0 aliphatic heterocycles. The zero-order valence-electron chi connectivity index (χ0n) is 15.3. The van der Waals surface area contributed by atoms with Gasteiger partial charge in [0, 0.05) is 11.3 Å². The summed E-state index contributed by atoms with van der Waals surface area (Å²) in [5.74, 6) is -3.09. The van der Waals surface area contributed by atoms with Crippen molar-refractivity contribution in [2.24, 2.45) is 0 Å². The lowest BCUT2D eigenvalue weighted by Crippen LogP contribution is -2.16. The first kappa shape index (κ1) is 24.3. The van der Waals surface area contributed by atoms with E-state index in [1.807, 2.05) is 37.4 Å². The molecule has 2 aromatic carbocycles. The van der Waals surface area contributed by atoms with Crippen LogP contribution in [0.1, 0.15) is 18.1 Å². The highest BCUT2D eigenvalue weighted by molar-refractivity contribution is 8.00. The number of rotatable bonds is 7. The number of halogens is 3. The Labute approximate surface area is 169 Å². The Kier molecular flexibility index (Phi) is 10.0. The summed E-state index contributed by atoms with van der Waals surface area (Å²) in [5.41, 5.74) is -3.24. The van der Waals surface area contributed by atoms with Crippen LogP contribution in [0.25, 0.3) is 0 Å². The van der Waals surface area contributed by atoms with Crippen molar-refractivity contribution in [3.63, 3.8) is 0 Å². The van der Waals surface area contributed by atoms with Gasteiger partial charge in [-0.3, -0.25) is 0 Å². The number of aliphatic carboxylic acids is 2. The van der Waals surface area contributed by atoms with Gasteiger partial charge >= 0.3 is 17.4 Å². The largest absolute Gasteiger partial charge is 0.486 e. The van der Waals surface area contributed by atoms with Crippen LogP contribution < -0.4 is 10.1 Å². The highest BCUT2D eigenvalue weighted by Crippen LogP contribution is 2.37. The van der Waals surface area contributed by atoms with Crippen molar-refractivity contribution in [3.8, 4) is 5.75 Å². The molecule has 0 aromatic heterocycles. The molecule has 3 N–H and O–H groups in total. The third kappa shape index (κ3) is 10.4. The third-order valence-corrected chi connectivity index (χ3v) is 4.09. The van der Waals surface area contributed by atoms with Crippen molar-refractivity contribution in [2.75, 3.05) is 13.6 Å². The molecular weight excluding hydrogens is 411 g/mol. The molecule has 0 aliphatic carbocycles. The highest BCUT2D eigenvalue weighted by Gasteiger charge is 2.29. The van der Waals surface area contributed by atoms with E-state index in [1.54, 1.807) is 12.1 Å². The summed E-state index contributed by atoms with van der Waals surface area (Å²) in [4.78, 5) is 18.3. The van der Waals surface area contributed by atoms with Crippen molar-refractivity contribution in [2.45, 2.75) is 22.9 Å². The molecular formula is C19H20F3NO5S. The van der Waals surface area contributed by atoms with Crippen LogP contribution in [0.15, 0.2) is 59.5 Å². The Hall–Kier alpha value is -2.72. The van der Waals surface area contributed by atoms with Gasteiger partial charge in [-0.25, -0.2) is 9.59 Å². The van der Waals surface area contributed by atoms with Crippen LogP contribution in [0.3, 0.4) is 0 Å². The number of ether oxygens (including phenoxy) is 1. The van der Waals surface area contributed by atoms with E-state index in [0.29, 0.717) is 5.75 Å². The molecule has 0 radical (unpaired) electrons. The van der Waals surface area contributed by atoms with Crippen molar-refractivity contribution < 1.29 is 37.7 Å². The predicted molar refractivity (Wildman–Crippen MR) is 102 cm³/mol. The molecule has 0 aliphatic rings. The van der Waals surface area contributed by atoms with Gasteiger partial charge in [0.2, 0.25) is 0 Å². The van der Waals surface area contributed by atoms with Crippen molar-refractivity contribution in [1.29, 1.82) is 0 Å². The van der Waals surface area contributed by atoms with Crippen LogP contribution in [0.4, 0.5) is 13.2 Å². The zero-order chi connectivity index (χ0) is 21.9. The lowest BCUT2D eigenvalue weighted by atomic mass is 10.1. The molecule has 0 saturated carbocycles. The number of carboxylic acid groups (broad SMARTS) is 2. The summed E-state index contributed by atoms with van der Waals surface area (Å²) >= 11 is -0.127. The van der Waals surface area contributed by atoms with Gasteiger partial charge in [-0.1, -0.05) is 30.3 Å². The minimum atomic E-state index is -4.28. The molecule has 29 heavy (non-hydrogen) atoms. The molecule has 2 aromatic rings. The Morgan fingerprint density at radius 2 is 1.59 bits per heavy atom. The third-order valence-electron chi connectivity index (χ3n) is 3.35. The molecule has 0 fully saturated rings. The minimum Gasteiger partial charge on any atom is -0.486 e. The smallest absolute Gasteiger partial charge is 0.446 e. The molecule has 2 rings (SSSR count). The maximum absolute atomic E-state index is 12.3. The summed E-state index contributed by atoms with van der Waals surface area (Å²) in [6.45, 7) is 0.779. The lowest BCUT2D eigenvalue weighted by Gasteiger charge is -2.20. The number of hydrogen-bond donors (Lipinski definition) is 3. The fourth-order valence-corrected chi connectivity index (χ4v) is 2.66. The van der Waals surface area contributed by atoms with Gasteiger partial charge in [0.05, 0.1) is 0 Å². The topological polar surface area (TPSA) is 95.9 Å². The quantitative estimate of drug-likeness (QED) is 0.447. The van der Waals surface area contributed by atoms with E-state index in [2.05, 4.69) is 5.32 Å². The Balaban J connectivity index is 0.000000612. The average Bonchev–Trinajstić information content (AvgIpc) is 2.66. The fraction of sp³-hybridized carbons (Fsp3) is 0.263. The number of nitrogens with one attached hydrogen (secondary N) is 1. The van der Waals surface area contributed by atoms with E-state index >= 15 is 0 Å². The maximum Gasteiger partial charge on any atom is 0.446 e. The van der Waals surface area contributed by atoms with Gasteiger partial charge in [0.1, 0.15) is 11.9 Å². The van der Waals surface area contributed by atoms with Gasteiger partial charge in [0.25, 0.3) is 0 Å². The standard InChI is InChI=1S/C17H18F3NOS.C2H2O4/c1-21-12-11-16(13-5-3-2-4-6-13)22-14-7-9-15(10-8-14)23-17(18,19)20;3-1(4)2(5)6/h2-10,16,21H,11-12H2,1H3;(H,3,4)(H,5,6). The van der Waals surface area contributed by atoms with Crippen molar-refractivity contribution in [3.05, 3.63) is 60.2 Å². The summed E-state index contributed by atoms with van der Waals surface area (Å²) in [6, 6.07) is 15.8. The van der Waals surface area contributed by atoms with E-state index in [0.717, 1.165) is 18.5 Å². The molecule has 0 heterocycles. The second kappa shape index (κ2) is 12.0. The Bertz CT molecular complexity index is 758. The number of benzene rings is 2. The highest BCUT2D eigenvalue weighted by atomic mass is 32.2. The molecule has 0 bridgehead atoms. The minimum absolute atomic E-state index is 0.127. The SMILES string of the molecule is CNCCC(Oc1ccc(SC(F)(F)F)cc1)c1ccccc1.O=C(O)C(=O)O. The van der Waals surface area contributed by atoms with Crippen molar-refractivity contribution in [1.82, 2.24) is 5.32 Å².